The number of thiophene rings is 1. The van der Waals surface area contributed by atoms with Crippen LogP contribution < -0.4 is 5.32 Å². The molecule has 0 bridgehead atoms. The first kappa shape index (κ1) is 15.2. The van der Waals surface area contributed by atoms with Crippen LogP contribution in [0.1, 0.15) is 16.6 Å². The normalized spacial score (nSPS) is 13.4. The molecule has 0 fully saturated rings. The molecule has 2 atom stereocenters. The fourth-order valence-corrected chi connectivity index (χ4v) is 2.74. The molecular formula is C15H15NO4S. The zero-order chi connectivity index (χ0) is 15.4. The minimum atomic E-state index is -1.33. The SMILES string of the molecule is CC(O)C(NC(=O)c1sccc1-c1ccccc1)C(=O)O. The lowest BCUT2D eigenvalue weighted by Crippen LogP contribution is -2.47. The van der Waals surface area contributed by atoms with Crippen LogP contribution in [-0.2, 0) is 4.79 Å². The summed E-state index contributed by atoms with van der Waals surface area (Å²) in [7, 11) is 0. The standard InChI is InChI=1S/C15H15NO4S/c1-9(17)12(15(19)20)16-14(18)13-11(7-8-21-13)10-5-3-2-4-6-10/h2-9,12,17H,1H3,(H,16,18)(H,19,20). The Hall–Kier alpha value is -2.18. The molecule has 1 amide bonds. The van der Waals surface area contributed by atoms with Crippen LogP contribution in [0.15, 0.2) is 41.8 Å². The molecule has 2 unspecified atom stereocenters. The second kappa shape index (κ2) is 6.51. The van der Waals surface area contributed by atoms with Crippen molar-refractivity contribution in [1.29, 1.82) is 0 Å². The third-order valence-corrected chi connectivity index (χ3v) is 3.90. The van der Waals surface area contributed by atoms with Crippen LogP contribution >= 0.6 is 11.3 Å². The van der Waals surface area contributed by atoms with E-state index in [-0.39, 0.29) is 0 Å². The molecule has 1 aromatic heterocycles. The zero-order valence-electron chi connectivity index (χ0n) is 11.3. The number of benzene rings is 1. The van der Waals surface area contributed by atoms with Crippen molar-refractivity contribution in [3.05, 3.63) is 46.7 Å². The van der Waals surface area contributed by atoms with Gasteiger partial charge in [-0.2, -0.15) is 0 Å². The first-order valence-corrected chi connectivity index (χ1v) is 7.23. The van der Waals surface area contributed by atoms with E-state index in [0.29, 0.717) is 4.88 Å². The van der Waals surface area contributed by atoms with Gasteiger partial charge in [0.2, 0.25) is 0 Å². The minimum Gasteiger partial charge on any atom is -0.480 e. The van der Waals surface area contributed by atoms with Gasteiger partial charge in [-0.25, -0.2) is 4.79 Å². The van der Waals surface area contributed by atoms with Gasteiger partial charge in [0.05, 0.1) is 11.0 Å². The highest BCUT2D eigenvalue weighted by Gasteiger charge is 2.26. The molecule has 0 aliphatic heterocycles. The first-order valence-electron chi connectivity index (χ1n) is 6.35. The number of carbonyl (C=O) groups is 2. The van der Waals surface area contributed by atoms with Crippen molar-refractivity contribution < 1.29 is 19.8 Å². The third-order valence-electron chi connectivity index (χ3n) is 2.99. The average Bonchev–Trinajstić information content (AvgIpc) is 2.94. The van der Waals surface area contributed by atoms with Crippen LogP contribution in [-0.4, -0.2) is 34.2 Å². The van der Waals surface area contributed by atoms with Gasteiger partial charge in [-0.15, -0.1) is 11.3 Å². The fraction of sp³-hybridized carbons (Fsp3) is 0.200. The number of rotatable bonds is 5. The van der Waals surface area contributed by atoms with E-state index >= 15 is 0 Å². The Morgan fingerprint density at radius 2 is 1.86 bits per heavy atom. The van der Waals surface area contributed by atoms with E-state index in [1.165, 1.54) is 18.3 Å². The number of aliphatic carboxylic acids is 1. The Balaban J connectivity index is 2.25. The van der Waals surface area contributed by atoms with Crippen LogP contribution in [0, 0.1) is 0 Å². The molecule has 0 saturated heterocycles. The lowest BCUT2D eigenvalue weighted by molar-refractivity contribution is -0.141. The molecule has 110 valence electrons. The Labute approximate surface area is 125 Å². The smallest absolute Gasteiger partial charge is 0.328 e. The monoisotopic (exact) mass is 305 g/mol. The van der Waals surface area contributed by atoms with Gasteiger partial charge < -0.3 is 15.5 Å². The lowest BCUT2D eigenvalue weighted by atomic mass is 10.1. The van der Waals surface area contributed by atoms with Crippen molar-refractivity contribution in [2.24, 2.45) is 0 Å². The van der Waals surface area contributed by atoms with Crippen molar-refractivity contribution in [2.45, 2.75) is 19.1 Å². The third kappa shape index (κ3) is 3.48. The number of nitrogens with one attached hydrogen (secondary N) is 1. The summed E-state index contributed by atoms with van der Waals surface area (Å²) in [4.78, 5) is 23.7. The maximum absolute atomic E-state index is 12.2. The fourth-order valence-electron chi connectivity index (χ4n) is 1.93. The van der Waals surface area contributed by atoms with E-state index in [4.69, 9.17) is 5.11 Å². The summed E-state index contributed by atoms with van der Waals surface area (Å²) < 4.78 is 0. The molecule has 0 spiro atoms. The molecule has 0 aliphatic carbocycles. The quantitative estimate of drug-likeness (QED) is 0.788. The van der Waals surface area contributed by atoms with Crippen LogP contribution in [0.4, 0.5) is 0 Å². The topological polar surface area (TPSA) is 86.6 Å². The Morgan fingerprint density at radius 1 is 1.19 bits per heavy atom. The van der Waals surface area contributed by atoms with E-state index < -0.39 is 24.0 Å². The number of hydrogen-bond acceptors (Lipinski definition) is 4. The lowest BCUT2D eigenvalue weighted by Gasteiger charge is -2.17. The van der Waals surface area contributed by atoms with Crippen LogP contribution in [0.5, 0.6) is 0 Å². The highest BCUT2D eigenvalue weighted by molar-refractivity contribution is 7.12. The van der Waals surface area contributed by atoms with E-state index in [0.717, 1.165) is 11.1 Å². The molecule has 2 rings (SSSR count). The summed E-state index contributed by atoms with van der Waals surface area (Å²) >= 11 is 1.23. The Morgan fingerprint density at radius 3 is 2.43 bits per heavy atom. The van der Waals surface area contributed by atoms with Gasteiger partial charge in [0.1, 0.15) is 0 Å². The molecule has 1 aromatic carbocycles. The predicted octanol–water partition coefficient (Wildman–Crippen LogP) is 1.98. The molecule has 2 aromatic rings. The number of carboxylic acid groups (broad SMARTS) is 1. The molecule has 6 heteroatoms. The summed E-state index contributed by atoms with van der Waals surface area (Å²) in [5, 5.41) is 22.6. The first-order chi connectivity index (χ1) is 10.0. The second-order valence-electron chi connectivity index (χ2n) is 4.56. The Bertz CT molecular complexity index is 636. The highest BCUT2D eigenvalue weighted by atomic mass is 32.1. The van der Waals surface area contributed by atoms with Gasteiger partial charge >= 0.3 is 5.97 Å². The van der Waals surface area contributed by atoms with Gasteiger partial charge in [0.15, 0.2) is 6.04 Å². The van der Waals surface area contributed by atoms with Gasteiger partial charge in [0, 0.05) is 5.56 Å². The van der Waals surface area contributed by atoms with Crippen LogP contribution in [0.3, 0.4) is 0 Å². The summed E-state index contributed by atoms with van der Waals surface area (Å²) in [6.45, 7) is 1.32. The number of amides is 1. The molecule has 21 heavy (non-hydrogen) atoms. The van der Waals surface area contributed by atoms with Gasteiger partial charge in [-0.3, -0.25) is 4.79 Å². The summed E-state index contributed by atoms with van der Waals surface area (Å²) in [5.74, 6) is -1.77. The van der Waals surface area contributed by atoms with Crippen molar-refractivity contribution in [2.75, 3.05) is 0 Å². The maximum Gasteiger partial charge on any atom is 0.328 e. The van der Waals surface area contributed by atoms with Crippen LogP contribution in [0.25, 0.3) is 11.1 Å². The van der Waals surface area contributed by atoms with E-state index in [1.807, 2.05) is 36.4 Å². The van der Waals surface area contributed by atoms with Crippen LogP contribution in [0.2, 0.25) is 0 Å². The number of aliphatic hydroxyl groups is 1. The molecule has 5 nitrogen and oxygen atoms in total. The van der Waals surface area contributed by atoms with Crippen molar-refractivity contribution >= 4 is 23.2 Å². The van der Waals surface area contributed by atoms with Gasteiger partial charge in [-0.05, 0) is 23.9 Å². The predicted molar refractivity (Wildman–Crippen MR) is 80.3 cm³/mol. The minimum absolute atomic E-state index is 0.424. The summed E-state index contributed by atoms with van der Waals surface area (Å²) in [5.41, 5.74) is 1.63. The zero-order valence-corrected chi connectivity index (χ0v) is 12.1. The molecule has 0 radical (unpaired) electrons. The van der Waals surface area contributed by atoms with Crippen molar-refractivity contribution in [3.8, 4) is 11.1 Å². The molecule has 3 N–H and O–H groups in total. The molecule has 0 saturated carbocycles. The van der Waals surface area contributed by atoms with E-state index in [2.05, 4.69) is 5.32 Å². The number of hydrogen-bond donors (Lipinski definition) is 3. The molecular weight excluding hydrogens is 290 g/mol. The van der Waals surface area contributed by atoms with E-state index in [1.54, 1.807) is 5.38 Å². The summed E-state index contributed by atoms with van der Waals surface area (Å²) in [6, 6.07) is 9.85. The number of aliphatic hydroxyl groups excluding tert-OH is 1. The maximum atomic E-state index is 12.2. The molecule has 1 heterocycles. The van der Waals surface area contributed by atoms with Crippen molar-refractivity contribution in [3.63, 3.8) is 0 Å². The van der Waals surface area contributed by atoms with Gasteiger partial charge in [0.25, 0.3) is 5.91 Å². The largest absolute Gasteiger partial charge is 0.480 e. The highest BCUT2D eigenvalue weighted by Crippen LogP contribution is 2.28. The van der Waals surface area contributed by atoms with Gasteiger partial charge in [-0.1, -0.05) is 30.3 Å². The van der Waals surface area contributed by atoms with E-state index in [9.17, 15) is 14.7 Å². The van der Waals surface area contributed by atoms with Crippen molar-refractivity contribution in [1.82, 2.24) is 5.32 Å². The number of carbonyl (C=O) groups excluding carboxylic acids is 1. The molecule has 0 aliphatic rings. The average molecular weight is 305 g/mol. The second-order valence-corrected chi connectivity index (χ2v) is 5.48. The Kier molecular flexibility index (Phi) is 4.72. The number of carboxylic acids is 1. The summed E-state index contributed by atoms with van der Waals surface area (Å²) in [6.07, 6.45) is -1.17.